The van der Waals surface area contributed by atoms with Crippen molar-refractivity contribution in [3.8, 4) is 0 Å². The van der Waals surface area contributed by atoms with Crippen molar-refractivity contribution in [3.63, 3.8) is 0 Å². The van der Waals surface area contributed by atoms with E-state index in [1.807, 2.05) is 11.7 Å². The highest BCUT2D eigenvalue weighted by Gasteiger charge is 2.21. The fourth-order valence-electron chi connectivity index (χ4n) is 2.14. The zero-order valence-electron chi connectivity index (χ0n) is 8.25. The molecule has 13 heavy (non-hydrogen) atoms. The van der Waals surface area contributed by atoms with Gasteiger partial charge in [-0.05, 0) is 38.2 Å². The number of nitrogens with zero attached hydrogens (tertiary/aromatic N) is 2. The number of aromatic nitrogens is 2. The van der Waals surface area contributed by atoms with Crippen LogP contribution in [-0.2, 0) is 19.9 Å². The van der Waals surface area contributed by atoms with Gasteiger partial charge in [-0.25, -0.2) is 0 Å². The van der Waals surface area contributed by atoms with Crippen LogP contribution < -0.4 is 0 Å². The molecule has 1 aliphatic carbocycles. The van der Waals surface area contributed by atoms with Crippen molar-refractivity contribution in [2.24, 2.45) is 7.05 Å². The quantitative estimate of drug-likeness (QED) is 0.708. The molecule has 0 bridgehead atoms. The topological polar surface area (TPSA) is 38.1 Å². The normalized spacial score (nSPS) is 18.4. The summed E-state index contributed by atoms with van der Waals surface area (Å²) in [6.07, 6.45) is 4.27. The van der Waals surface area contributed by atoms with E-state index < -0.39 is 6.10 Å². The first-order valence-corrected chi connectivity index (χ1v) is 4.93. The predicted octanol–water partition coefficient (Wildman–Crippen LogP) is 1.35. The van der Waals surface area contributed by atoms with Crippen LogP contribution in [0, 0.1) is 0 Å². The van der Waals surface area contributed by atoms with E-state index in [1.54, 1.807) is 6.92 Å². The molecular weight excluding hydrogens is 164 g/mol. The Bertz CT molecular complexity index is 315. The molecular formula is C10H16N2O. The number of hydrogen-bond donors (Lipinski definition) is 1. The molecule has 1 aromatic rings. The molecule has 0 saturated heterocycles. The van der Waals surface area contributed by atoms with Gasteiger partial charge in [-0.2, -0.15) is 5.10 Å². The van der Waals surface area contributed by atoms with Crippen molar-refractivity contribution in [1.82, 2.24) is 9.78 Å². The van der Waals surface area contributed by atoms with Gasteiger partial charge < -0.3 is 5.11 Å². The first-order chi connectivity index (χ1) is 6.20. The molecule has 0 aliphatic heterocycles. The van der Waals surface area contributed by atoms with Crippen molar-refractivity contribution in [2.75, 3.05) is 0 Å². The van der Waals surface area contributed by atoms with Gasteiger partial charge in [0.2, 0.25) is 0 Å². The van der Waals surface area contributed by atoms with Gasteiger partial charge in [-0.3, -0.25) is 4.68 Å². The molecule has 1 unspecified atom stereocenters. The van der Waals surface area contributed by atoms with Gasteiger partial charge in [0.15, 0.2) is 0 Å². The Labute approximate surface area is 78.4 Å². The second-order valence-electron chi connectivity index (χ2n) is 3.82. The summed E-state index contributed by atoms with van der Waals surface area (Å²) >= 11 is 0. The molecule has 1 atom stereocenters. The molecule has 1 N–H and O–H groups in total. The summed E-state index contributed by atoms with van der Waals surface area (Å²) in [5.41, 5.74) is 3.50. The zero-order chi connectivity index (χ0) is 9.42. The second-order valence-corrected chi connectivity index (χ2v) is 3.82. The Morgan fingerprint density at radius 3 is 2.77 bits per heavy atom. The number of aliphatic hydroxyl groups excluding tert-OH is 1. The van der Waals surface area contributed by atoms with Gasteiger partial charge >= 0.3 is 0 Å². The Hall–Kier alpha value is -0.830. The summed E-state index contributed by atoms with van der Waals surface area (Å²) in [7, 11) is 1.97. The third-order valence-electron chi connectivity index (χ3n) is 2.79. The minimum Gasteiger partial charge on any atom is -0.387 e. The molecule has 72 valence electrons. The van der Waals surface area contributed by atoms with Crippen LogP contribution in [0.15, 0.2) is 0 Å². The largest absolute Gasteiger partial charge is 0.387 e. The highest BCUT2D eigenvalue weighted by molar-refractivity contribution is 5.29. The molecule has 1 heterocycles. The van der Waals surface area contributed by atoms with Crippen molar-refractivity contribution >= 4 is 0 Å². The molecule has 3 nitrogen and oxygen atoms in total. The summed E-state index contributed by atoms with van der Waals surface area (Å²) in [6.45, 7) is 1.79. The first-order valence-electron chi connectivity index (χ1n) is 4.93. The molecule has 2 rings (SSSR count). The Balaban J connectivity index is 2.47. The number of aliphatic hydroxyl groups is 1. The van der Waals surface area contributed by atoms with Gasteiger partial charge in [-0.15, -0.1) is 0 Å². The smallest absolute Gasteiger partial charge is 0.0953 e. The molecule has 3 heteroatoms. The Morgan fingerprint density at radius 2 is 2.08 bits per heavy atom. The van der Waals surface area contributed by atoms with Gasteiger partial charge in [-0.1, -0.05) is 0 Å². The lowest BCUT2D eigenvalue weighted by Gasteiger charge is -2.13. The molecule has 0 amide bonds. The second kappa shape index (κ2) is 3.14. The van der Waals surface area contributed by atoms with E-state index in [0.29, 0.717) is 0 Å². The fourth-order valence-corrected chi connectivity index (χ4v) is 2.14. The van der Waals surface area contributed by atoms with Crippen LogP contribution in [0.2, 0.25) is 0 Å². The summed E-state index contributed by atoms with van der Waals surface area (Å²) in [6, 6.07) is 0. The Morgan fingerprint density at radius 1 is 1.38 bits per heavy atom. The highest BCUT2D eigenvalue weighted by atomic mass is 16.3. The molecule has 0 saturated carbocycles. The maximum absolute atomic E-state index is 9.52. The van der Waals surface area contributed by atoms with Gasteiger partial charge in [0.1, 0.15) is 0 Å². The Kier molecular flexibility index (Phi) is 2.12. The van der Waals surface area contributed by atoms with E-state index in [-0.39, 0.29) is 0 Å². The molecule has 0 spiro atoms. The monoisotopic (exact) mass is 180 g/mol. The molecule has 1 aromatic heterocycles. The third kappa shape index (κ3) is 1.37. The number of fused-ring (bicyclic) bond motifs is 1. The van der Waals surface area contributed by atoms with E-state index in [1.165, 1.54) is 24.1 Å². The summed E-state index contributed by atoms with van der Waals surface area (Å²) in [5, 5.41) is 13.9. The average Bonchev–Trinajstić information content (AvgIpc) is 2.45. The summed E-state index contributed by atoms with van der Waals surface area (Å²) in [5.74, 6) is 0. The van der Waals surface area contributed by atoms with E-state index in [9.17, 15) is 5.11 Å². The highest BCUT2D eigenvalue weighted by Crippen LogP contribution is 2.27. The van der Waals surface area contributed by atoms with Crippen LogP contribution in [-0.4, -0.2) is 14.9 Å². The lowest BCUT2D eigenvalue weighted by molar-refractivity contribution is 0.192. The summed E-state index contributed by atoms with van der Waals surface area (Å²) < 4.78 is 1.93. The minimum absolute atomic E-state index is 0.423. The van der Waals surface area contributed by atoms with Crippen molar-refractivity contribution in [2.45, 2.75) is 38.7 Å². The third-order valence-corrected chi connectivity index (χ3v) is 2.79. The van der Waals surface area contributed by atoms with Crippen molar-refractivity contribution in [1.29, 1.82) is 0 Å². The van der Waals surface area contributed by atoms with Gasteiger partial charge in [0, 0.05) is 12.7 Å². The lowest BCUT2D eigenvalue weighted by atomic mass is 9.94. The minimum atomic E-state index is -0.423. The maximum Gasteiger partial charge on any atom is 0.0953 e. The van der Waals surface area contributed by atoms with Crippen molar-refractivity contribution < 1.29 is 5.11 Å². The molecule has 0 radical (unpaired) electrons. The SMILES string of the molecule is CC(O)c1nn(C)c2c1CCCC2. The van der Waals surface area contributed by atoms with E-state index in [2.05, 4.69) is 5.10 Å². The van der Waals surface area contributed by atoms with E-state index in [4.69, 9.17) is 0 Å². The van der Waals surface area contributed by atoms with Crippen LogP contribution in [0.4, 0.5) is 0 Å². The van der Waals surface area contributed by atoms with Crippen LogP contribution in [0.3, 0.4) is 0 Å². The average molecular weight is 180 g/mol. The van der Waals surface area contributed by atoms with Crippen LogP contribution in [0.5, 0.6) is 0 Å². The summed E-state index contributed by atoms with van der Waals surface area (Å²) in [4.78, 5) is 0. The van der Waals surface area contributed by atoms with Crippen molar-refractivity contribution in [3.05, 3.63) is 17.0 Å². The van der Waals surface area contributed by atoms with Gasteiger partial charge in [0.05, 0.1) is 11.8 Å². The zero-order valence-corrected chi connectivity index (χ0v) is 8.25. The number of hydrogen-bond acceptors (Lipinski definition) is 2. The van der Waals surface area contributed by atoms with Crippen LogP contribution in [0.1, 0.15) is 42.8 Å². The van der Waals surface area contributed by atoms with E-state index >= 15 is 0 Å². The molecule has 0 fully saturated rings. The maximum atomic E-state index is 9.52. The standard InChI is InChI=1S/C10H16N2O/c1-7(13)10-8-5-3-4-6-9(8)12(2)11-10/h7,13H,3-6H2,1-2H3. The number of aryl methyl sites for hydroxylation is 1. The van der Waals surface area contributed by atoms with E-state index in [0.717, 1.165) is 18.5 Å². The fraction of sp³-hybridized carbons (Fsp3) is 0.700. The molecule has 1 aliphatic rings. The predicted molar refractivity (Wildman–Crippen MR) is 50.5 cm³/mol. The van der Waals surface area contributed by atoms with Crippen LogP contribution >= 0.6 is 0 Å². The number of rotatable bonds is 1. The van der Waals surface area contributed by atoms with Gasteiger partial charge in [0.25, 0.3) is 0 Å². The van der Waals surface area contributed by atoms with Crippen LogP contribution in [0.25, 0.3) is 0 Å². The first kappa shape index (κ1) is 8.75. The lowest BCUT2D eigenvalue weighted by Crippen LogP contribution is -2.06. The molecule has 0 aromatic carbocycles.